The van der Waals surface area contributed by atoms with Gasteiger partial charge in [0.2, 0.25) is 0 Å². The van der Waals surface area contributed by atoms with E-state index in [0.717, 1.165) is 19.5 Å². The van der Waals surface area contributed by atoms with Gasteiger partial charge >= 0.3 is 0 Å². The number of amides is 1. The number of morpholine rings is 1. The molecule has 2 fully saturated rings. The van der Waals surface area contributed by atoms with Crippen LogP contribution in [0.15, 0.2) is 24.3 Å². The van der Waals surface area contributed by atoms with Gasteiger partial charge in [0.1, 0.15) is 5.75 Å². The normalized spacial score (nSPS) is 24.3. The molecule has 6 heteroatoms. The number of ether oxygens (including phenoxy) is 2. The summed E-state index contributed by atoms with van der Waals surface area (Å²) < 4.78 is 11.8. The van der Waals surface area contributed by atoms with E-state index in [1.165, 1.54) is 0 Å². The fourth-order valence-corrected chi connectivity index (χ4v) is 3.56. The van der Waals surface area contributed by atoms with Crippen molar-refractivity contribution < 1.29 is 14.3 Å². The van der Waals surface area contributed by atoms with Crippen LogP contribution in [0.4, 0.5) is 0 Å². The second-order valence-corrected chi connectivity index (χ2v) is 7.27. The van der Waals surface area contributed by atoms with Crippen molar-refractivity contribution in [3.8, 4) is 11.8 Å². The molecule has 1 amide bonds. The molecule has 0 aliphatic carbocycles. The molecule has 6 nitrogen and oxygen atoms in total. The number of fused-ring (bicyclic) bond motifs is 1. The van der Waals surface area contributed by atoms with Gasteiger partial charge in [0.25, 0.3) is 5.91 Å². The standard InChI is InChI=1S/C19H25N3O3/c1-19(2,25-15-6-4-14(12-20)5-7-15)18(23)22-10-11-24-17-8-9-21(3)13-16(17)22/h4-7,16-17H,8-11,13H2,1-3H3/t16-,17-/m1/s1. The molecule has 1 aromatic carbocycles. The Kier molecular flexibility index (Phi) is 4.98. The Morgan fingerprint density at radius 3 is 2.72 bits per heavy atom. The van der Waals surface area contributed by atoms with Gasteiger partial charge in [0, 0.05) is 19.6 Å². The van der Waals surface area contributed by atoms with E-state index >= 15 is 0 Å². The first-order valence-electron chi connectivity index (χ1n) is 8.71. The van der Waals surface area contributed by atoms with Crippen LogP contribution in [0.2, 0.25) is 0 Å². The third-order valence-corrected chi connectivity index (χ3v) is 4.92. The molecular weight excluding hydrogens is 318 g/mol. The number of likely N-dealkylation sites (N-methyl/N-ethyl adjacent to an activating group) is 1. The van der Waals surface area contributed by atoms with Crippen LogP contribution >= 0.6 is 0 Å². The molecule has 0 N–H and O–H groups in total. The smallest absolute Gasteiger partial charge is 0.266 e. The van der Waals surface area contributed by atoms with E-state index in [1.807, 2.05) is 4.90 Å². The monoisotopic (exact) mass is 343 g/mol. The minimum atomic E-state index is -0.980. The zero-order valence-electron chi connectivity index (χ0n) is 15.1. The van der Waals surface area contributed by atoms with E-state index in [0.29, 0.717) is 24.5 Å². The number of carbonyl (C=O) groups excluding carboxylic acids is 1. The van der Waals surface area contributed by atoms with Gasteiger partial charge in [-0.3, -0.25) is 4.79 Å². The van der Waals surface area contributed by atoms with Crippen LogP contribution in [0.1, 0.15) is 25.8 Å². The molecule has 0 radical (unpaired) electrons. The molecule has 2 heterocycles. The Morgan fingerprint density at radius 1 is 1.32 bits per heavy atom. The molecule has 0 unspecified atom stereocenters. The summed E-state index contributed by atoms with van der Waals surface area (Å²) in [7, 11) is 2.08. The minimum absolute atomic E-state index is 0.0227. The van der Waals surface area contributed by atoms with Crippen LogP contribution in [0, 0.1) is 11.3 Å². The molecule has 2 atom stereocenters. The third kappa shape index (κ3) is 3.78. The van der Waals surface area contributed by atoms with Gasteiger partial charge in [-0.05, 0) is 51.6 Å². The topological polar surface area (TPSA) is 65.8 Å². The largest absolute Gasteiger partial charge is 0.478 e. The first kappa shape index (κ1) is 17.7. The average Bonchev–Trinajstić information content (AvgIpc) is 2.61. The van der Waals surface area contributed by atoms with Gasteiger partial charge in [0.15, 0.2) is 5.60 Å². The van der Waals surface area contributed by atoms with Gasteiger partial charge in [-0.2, -0.15) is 5.26 Å². The lowest BCUT2D eigenvalue weighted by Gasteiger charge is -2.48. The van der Waals surface area contributed by atoms with Crippen molar-refractivity contribution >= 4 is 5.91 Å². The second kappa shape index (κ2) is 7.03. The molecule has 3 rings (SSSR count). The number of hydrogen-bond donors (Lipinski definition) is 0. The van der Waals surface area contributed by atoms with E-state index in [4.69, 9.17) is 14.7 Å². The highest BCUT2D eigenvalue weighted by Gasteiger charge is 2.43. The van der Waals surface area contributed by atoms with Crippen molar-refractivity contribution in [1.82, 2.24) is 9.80 Å². The summed E-state index contributed by atoms with van der Waals surface area (Å²) >= 11 is 0. The summed E-state index contributed by atoms with van der Waals surface area (Å²) in [5.74, 6) is 0.563. The first-order chi connectivity index (χ1) is 11.9. The average molecular weight is 343 g/mol. The maximum Gasteiger partial charge on any atom is 0.266 e. The van der Waals surface area contributed by atoms with Crippen molar-refractivity contribution in [2.75, 3.05) is 33.3 Å². The summed E-state index contributed by atoms with van der Waals surface area (Å²) in [6, 6.07) is 8.99. The van der Waals surface area contributed by atoms with Crippen LogP contribution in [0.5, 0.6) is 5.75 Å². The zero-order valence-corrected chi connectivity index (χ0v) is 15.1. The molecule has 0 saturated carbocycles. The Labute approximate surface area is 148 Å². The van der Waals surface area contributed by atoms with Crippen molar-refractivity contribution in [2.24, 2.45) is 0 Å². The first-order valence-corrected chi connectivity index (χ1v) is 8.71. The van der Waals surface area contributed by atoms with Crippen LogP contribution in [-0.2, 0) is 9.53 Å². The molecule has 25 heavy (non-hydrogen) atoms. The highest BCUT2D eigenvalue weighted by atomic mass is 16.5. The maximum atomic E-state index is 13.2. The summed E-state index contributed by atoms with van der Waals surface area (Å²) in [5.41, 5.74) is -0.413. The molecule has 1 aromatic rings. The van der Waals surface area contributed by atoms with Crippen LogP contribution in [0.25, 0.3) is 0 Å². The van der Waals surface area contributed by atoms with Crippen LogP contribution < -0.4 is 4.74 Å². The number of benzene rings is 1. The van der Waals surface area contributed by atoms with E-state index in [2.05, 4.69) is 18.0 Å². The number of nitriles is 1. The molecule has 0 spiro atoms. The number of carbonyl (C=O) groups is 1. The maximum absolute atomic E-state index is 13.2. The van der Waals surface area contributed by atoms with Gasteiger partial charge in [-0.1, -0.05) is 0 Å². The quantitative estimate of drug-likeness (QED) is 0.835. The molecule has 0 aromatic heterocycles. The van der Waals surface area contributed by atoms with Crippen LogP contribution in [0.3, 0.4) is 0 Å². The second-order valence-electron chi connectivity index (χ2n) is 7.27. The molecular formula is C19H25N3O3. The number of rotatable bonds is 3. The van der Waals surface area contributed by atoms with Crippen molar-refractivity contribution in [3.63, 3.8) is 0 Å². The molecule has 0 bridgehead atoms. The fourth-order valence-electron chi connectivity index (χ4n) is 3.56. The summed E-state index contributed by atoms with van der Waals surface area (Å²) in [4.78, 5) is 17.3. The van der Waals surface area contributed by atoms with Gasteiger partial charge in [0.05, 0.1) is 30.4 Å². The van der Waals surface area contributed by atoms with E-state index in [-0.39, 0.29) is 18.1 Å². The van der Waals surface area contributed by atoms with Crippen molar-refractivity contribution in [2.45, 2.75) is 38.0 Å². The van der Waals surface area contributed by atoms with Gasteiger partial charge < -0.3 is 19.3 Å². The molecule has 134 valence electrons. The highest BCUT2D eigenvalue weighted by molar-refractivity contribution is 5.85. The lowest BCUT2D eigenvalue weighted by Crippen LogP contribution is -2.64. The predicted molar refractivity (Wildman–Crippen MR) is 93.2 cm³/mol. The number of hydrogen-bond acceptors (Lipinski definition) is 5. The Balaban J connectivity index is 1.73. The number of piperidine rings is 1. The minimum Gasteiger partial charge on any atom is -0.478 e. The lowest BCUT2D eigenvalue weighted by atomic mass is 9.96. The van der Waals surface area contributed by atoms with Crippen molar-refractivity contribution in [3.05, 3.63) is 29.8 Å². The number of nitrogens with zero attached hydrogens (tertiary/aromatic N) is 3. The van der Waals surface area contributed by atoms with Crippen LogP contribution in [-0.4, -0.2) is 66.7 Å². The summed E-state index contributed by atoms with van der Waals surface area (Å²) in [5, 5.41) is 8.88. The predicted octanol–water partition coefficient (Wildman–Crippen LogP) is 1.65. The fraction of sp³-hybridized carbons (Fsp3) is 0.579. The van der Waals surface area contributed by atoms with E-state index in [9.17, 15) is 4.79 Å². The third-order valence-electron chi connectivity index (χ3n) is 4.92. The summed E-state index contributed by atoms with van der Waals surface area (Å²) in [6.45, 7) is 6.57. The van der Waals surface area contributed by atoms with Gasteiger partial charge in [-0.25, -0.2) is 0 Å². The van der Waals surface area contributed by atoms with Gasteiger partial charge in [-0.15, -0.1) is 0 Å². The molecule has 2 aliphatic rings. The number of likely N-dealkylation sites (tertiary alicyclic amines) is 1. The molecule has 2 aliphatic heterocycles. The SMILES string of the molecule is CN1CC[C@H]2OCCN(C(=O)C(C)(C)Oc3ccc(C#N)cc3)[C@@H]2C1. The highest BCUT2D eigenvalue weighted by Crippen LogP contribution is 2.27. The Hall–Kier alpha value is -2.10. The Morgan fingerprint density at radius 2 is 2.04 bits per heavy atom. The zero-order chi connectivity index (χ0) is 18.0. The summed E-state index contributed by atoms with van der Waals surface area (Å²) in [6.07, 6.45) is 1.06. The van der Waals surface area contributed by atoms with E-state index in [1.54, 1.807) is 38.1 Å². The van der Waals surface area contributed by atoms with E-state index < -0.39 is 5.60 Å². The Bertz CT molecular complexity index is 665. The van der Waals surface area contributed by atoms with Crippen molar-refractivity contribution in [1.29, 1.82) is 5.26 Å². The lowest BCUT2D eigenvalue weighted by molar-refractivity contribution is -0.164. The molecule has 2 saturated heterocycles.